The number of benzene rings is 2. The summed E-state index contributed by atoms with van der Waals surface area (Å²) in [6.45, 7) is 6.79. The number of thiazole rings is 1. The van der Waals surface area contributed by atoms with Crippen LogP contribution in [0.25, 0.3) is 10.6 Å². The van der Waals surface area contributed by atoms with Gasteiger partial charge in [0.15, 0.2) is 0 Å². The Balaban J connectivity index is 1.36. The third-order valence-electron chi connectivity index (χ3n) is 4.83. The van der Waals surface area contributed by atoms with Gasteiger partial charge in [0.2, 0.25) is 0 Å². The summed E-state index contributed by atoms with van der Waals surface area (Å²) in [6, 6.07) is 16.1. The molecule has 2 aromatic carbocycles. The van der Waals surface area contributed by atoms with Crippen molar-refractivity contribution < 1.29 is 5.11 Å². The standard InChI is InChI=1S/C21H23N3OS/c1-16-6-8-17(9-7-16)21-22-18(15-26-21)14-23-10-12-24(13-11-23)19-4-2-3-5-20(19)25/h2-9,15,25H,10-14H2,1H3. The highest BCUT2D eigenvalue weighted by atomic mass is 32.1. The number of aromatic hydroxyl groups is 1. The fourth-order valence-electron chi connectivity index (χ4n) is 3.32. The number of aromatic nitrogens is 1. The van der Waals surface area contributed by atoms with Crippen LogP contribution in [0.2, 0.25) is 0 Å². The van der Waals surface area contributed by atoms with Gasteiger partial charge in [0.25, 0.3) is 0 Å². The summed E-state index contributed by atoms with van der Waals surface area (Å²) in [5.41, 5.74) is 4.54. The number of rotatable bonds is 4. The molecule has 1 aromatic heterocycles. The molecule has 134 valence electrons. The average molecular weight is 366 g/mol. The van der Waals surface area contributed by atoms with Crippen molar-refractivity contribution in [2.24, 2.45) is 0 Å². The zero-order valence-corrected chi connectivity index (χ0v) is 15.7. The van der Waals surface area contributed by atoms with Gasteiger partial charge in [-0.1, -0.05) is 42.0 Å². The number of hydrogen-bond acceptors (Lipinski definition) is 5. The van der Waals surface area contributed by atoms with Crippen LogP contribution in [0.4, 0.5) is 5.69 Å². The van der Waals surface area contributed by atoms with E-state index in [1.54, 1.807) is 17.4 Å². The summed E-state index contributed by atoms with van der Waals surface area (Å²) in [5, 5.41) is 13.3. The minimum Gasteiger partial charge on any atom is -0.506 e. The lowest BCUT2D eigenvalue weighted by atomic mass is 10.2. The molecule has 26 heavy (non-hydrogen) atoms. The summed E-state index contributed by atoms with van der Waals surface area (Å²) >= 11 is 1.72. The number of hydrogen-bond donors (Lipinski definition) is 1. The minimum atomic E-state index is 0.364. The van der Waals surface area contributed by atoms with Gasteiger partial charge in [-0.15, -0.1) is 11.3 Å². The molecule has 1 saturated heterocycles. The second kappa shape index (κ2) is 7.48. The van der Waals surface area contributed by atoms with Crippen LogP contribution >= 0.6 is 11.3 Å². The number of para-hydroxylation sites is 2. The first-order chi connectivity index (χ1) is 12.7. The second-order valence-corrected chi connectivity index (χ2v) is 7.62. The van der Waals surface area contributed by atoms with Gasteiger partial charge in [0.1, 0.15) is 10.8 Å². The number of phenolic OH excluding ortho intramolecular Hbond substituents is 1. The fourth-order valence-corrected chi connectivity index (χ4v) is 4.13. The maximum atomic E-state index is 10.0. The van der Waals surface area contributed by atoms with Crippen LogP contribution in [-0.2, 0) is 6.54 Å². The molecular formula is C21H23N3OS. The predicted molar refractivity (Wildman–Crippen MR) is 108 cm³/mol. The highest BCUT2D eigenvalue weighted by molar-refractivity contribution is 7.13. The van der Waals surface area contributed by atoms with Crippen molar-refractivity contribution in [3.8, 4) is 16.3 Å². The molecule has 5 heteroatoms. The zero-order chi connectivity index (χ0) is 17.9. The van der Waals surface area contributed by atoms with Crippen molar-refractivity contribution in [2.45, 2.75) is 13.5 Å². The molecule has 1 fully saturated rings. The van der Waals surface area contributed by atoms with Gasteiger partial charge in [-0.2, -0.15) is 0 Å². The molecular weight excluding hydrogens is 342 g/mol. The molecule has 4 rings (SSSR count). The second-order valence-electron chi connectivity index (χ2n) is 6.76. The molecule has 0 atom stereocenters. The van der Waals surface area contributed by atoms with E-state index < -0.39 is 0 Å². The first-order valence-electron chi connectivity index (χ1n) is 8.96. The van der Waals surface area contributed by atoms with Crippen molar-refractivity contribution in [3.63, 3.8) is 0 Å². The van der Waals surface area contributed by atoms with Gasteiger partial charge in [-0.05, 0) is 19.1 Å². The molecule has 0 spiro atoms. The molecule has 2 heterocycles. The molecule has 0 amide bonds. The molecule has 4 nitrogen and oxygen atoms in total. The molecule has 0 bridgehead atoms. The Labute approximate surface area is 158 Å². The van der Waals surface area contributed by atoms with Gasteiger partial charge < -0.3 is 10.0 Å². The Hall–Kier alpha value is -2.37. The first-order valence-corrected chi connectivity index (χ1v) is 9.84. The van der Waals surface area contributed by atoms with Gasteiger partial charge in [-0.3, -0.25) is 4.90 Å². The van der Waals surface area contributed by atoms with Crippen LogP contribution < -0.4 is 4.90 Å². The average Bonchev–Trinajstić information content (AvgIpc) is 3.12. The number of anilines is 1. The predicted octanol–water partition coefficient (Wildman–Crippen LogP) is 4.15. The number of nitrogens with zero attached hydrogens (tertiary/aromatic N) is 3. The zero-order valence-electron chi connectivity index (χ0n) is 14.9. The fraction of sp³-hybridized carbons (Fsp3) is 0.286. The van der Waals surface area contributed by atoms with Crippen molar-refractivity contribution in [3.05, 3.63) is 65.2 Å². The largest absolute Gasteiger partial charge is 0.506 e. The Morgan fingerprint density at radius 3 is 2.46 bits per heavy atom. The van der Waals surface area contributed by atoms with E-state index in [4.69, 9.17) is 4.98 Å². The van der Waals surface area contributed by atoms with E-state index in [9.17, 15) is 5.11 Å². The summed E-state index contributed by atoms with van der Waals surface area (Å²) in [7, 11) is 0. The summed E-state index contributed by atoms with van der Waals surface area (Å²) in [6.07, 6.45) is 0. The molecule has 1 N–H and O–H groups in total. The normalized spacial score (nSPS) is 15.3. The maximum Gasteiger partial charge on any atom is 0.138 e. The van der Waals surface area contributed by atoms with Crippen LogP contribution in [0, 0.1) is 6.92 Å². The Bertz CT molecular complexity index is 867. The molecule has 0 unspecified atom stereocenters. The summed E-state index contributed by atoms with van der Waals surface area (Å²) in [5.74, 6) is 0.364. The van der Waals surface area contributed by atoms with E-state index in [0.29, 0.717) is 5.75 Å². The lowest BCUT2D eigenvalue weighted by molar-refractivity contribution is 0.247. The minimum absolute atomic E-state index is 0.364. The third-order valence-corrected chi connectivity index (χ3v) is 5.77. The quantitative estimate of drug-likeness (QED) is 0.754. The Morgan fingerprint density at radius 2 is 1.73 bits per heavy atom. The number of phenols is 1. The van der Waals surface area contributed by atoms with E-state index in [2.05, 4.69) is 46.4 Å². The van der Waals surface area contributed by atoms with Crippen molar-refractivity contribution in [1.82, 2.24) is 9.88 Å². The van der Waals surface area contributed by atoms with Crippen molar-refractivity contribution >= 4 is 17.0 Å². The number of piperazine rings is 1. The van der Waals surface area contributed by atoms with Crippen LogP contribution in [-0.4, -0.2) is 41.2 Å². The van der Waals surface area contributed by atoms with Gasteiger partial charge >= 0.3 is 0 Å². The Morgan fingerprint density at radius 1 is 1.00 bits per heavy atom. The third kappa shape index (κ3) is 3.74. The first kappa shape index (κ1) is 17.1. The topological polar surface area (TPSA) is 39.6 Å². The van der Waals surface area contributed by atoms with Gasteiger partial charge in [-0.25, -0.2) is 4.98 Å². The molecule has 1 aliphatic heterocycles. The maximum absolute atomic E-state index is 10.0. The summed E-state index contributed by atoms with van der Waals surface area (Å²) < 4.78 is 0. The van der Waals surface area contributed by atoms with Crippen molar-refractivity contribution in [2.75, 3.05) is 31.1 Å². The molecule has 3 aromatic rings. The van der Waals surface area contributed by atoms with Crippen LogP contribution in [0.1, 0.15) is 11.3 Å². The molecule has 0 saturated carbocycles. The van der Waals surface area contributed by atoms with Gasteiger partial charge in [0.05, 0.1) is 11.4 Å². The summed E-state index contributed by atoms with van der Waals surface area (Å²) in [4.78, 5) is 9.51. The van der Waals surface area contributed by atoms with Gasteiger partial charge in [0, 0.05) is 43.7 Å². The molecule has 0 radical (unpaired) electrons. The SMILES string of the molecule is Cc1ccc(-c2nc(CN3CCN(c4ccccc4O)CC3)cs2)cc1. The highest BCUT2D eigenvalue weighted by Gasteiger charge is 2.19. The van der Waals surface area contributed by atoms with E-state index in [-0.39, 0.29) is 0 Å². The molecule has 1 aliphatic rings. The van der Waals surface area contributed by atoms with E-state index in [1.165, 1.54) is 11.1 Å². The van der Waals surface area contributed by atoms with Crippen LogP contribution in [0.15, 0.2) is 53.9 Å². The number of aryl methyl sites for hydroxylation is 1. The molecule has 0 aliphatic carbocycles. The van der Waals surface area contributed by atoms with Crippen LogP contribution in [0.3, 0.4) is 0 Å². The highest BCUT2D eigenvalue weighted by Crippen LogP contribution is 2.28. The van der Waals surface area contributed by atoms with E-state index in [1.807, 2.05) is 18.2 Å². The lowest BCUT2D eigenvalue weighted by Gasteiger charge is -2.36. The van der Waals surface area contributed by atoms with Crippen LogP contribution in [0.5, 0.6) is 5.75 Å². The van der Waals surface area contributed by atoms with Crippen molar-refractivity contribution in [1.29, 1.82) is 0 Å². The Kier molecular flexibility index (Phi) is 4.91. The van der Waals surface area contributed by atoms with E-state index >= 15 is 0 Å². The van der Waals surface area contributed by atoms with E-state index in [0.717, 1.165) is 49.1 Å². The smallest absolute Gasteiger partial charge is 0.138 e. The lowest BCUT2D eigenvalue weighted by Crippen LogP contribution is -2.46. The monoisotopic (exact) mass is 365 g/mol.